The van der Waals surface area contributed by atoms with E-state index in [9.17, 15) is 0 Å². The zero-order chi connectivity index (χ0) is 12.7. The third-order valence-corrected chi connectivity index (χ3v) is 3.36. The van der Waals surface area contributed by atoms with Crippen LogP contribution in [0.4, 0.5) is 0 Å². The lowest BCUT2D eigenvalue weighted by Gasteiger charge is -2.28. The van der Waals surface area contributed by atoms with Gasteiger partial charge in [0.05, 0.1) is 0 Å². The Labute approximate surface area is 106 Å². The largest absolute Gasteiger partial charge is 0.356 e. The van der Waals surface area contributed by atoms with Crippen LogP contribution in [-0.4, -0.2) is 20.5 Å². The van der Waals surface area contributed by atoms with E-state index in [-0.39, 0.29) is 6.29 Å². The van der Waals surface area contributed by atoms with Crippen LogP contribution in [0.5, 0.6) is 0 Å². The van der Waals surface area contributed by atoms with Crippen LogP contribution < -0.4 is 0 Å². The summed E-state index contributed by atoms with van der Waals surface area (Å²) in [7, 11) is 3.46. The van der Waals surface area contributed by atoms with Crippen molar-refractivity contribution >= 4 is 0 Å². The molecule has 0 aromatic heterocycles. The number of hydrogen-bond donors (Lipinski definition) is 0. The molecule has 0 heterocycles. The average molecular weight is 238 g/mol. The van der Waals surface area contributed by atoms with Crippen LogP contribution in [0.25, 0.3) is 0 Å². The number of ether oxygens (including phenoxy) is 2. The Morgan fingerprint density at radius 2 is 2.12 bits per heavy atom. The topological polar surface area (TPSA) is 18.5 Å². The van der Waals surface area contributed by atoms with Crippen LogP contribution in [0.2, 0.25) is 0 Å². The highest BCUT2D eigenvalue weighted by Crippen LogP contribution is 2.30. The third-order valence-electron chi connectivity index (χ3n) is 3.36. The van der Waals surface area contributed by atoms with Crippen molar-refractivity contribution < 1.29 is 9.47 Å². The van der Waals surface area contributed by atoms with E-state index in [1.165, 1.54) is 18.4 Å². The van der Waals surface area contributed by atoms with E-state index in [4.69, 9.17) is 9.47 Å². The minimum absolute atomic E-state index is 0.0397. The van der Waals surface area contributed by atoms with E-state index in [1.807, 2.05) is 0 Å². The number of rotatable bonds is 6. The summed E-state index contributed by atoms with van der Waals surface area (Å²) in [6.45, 7) is 4.31. The first-order valence-corrected chi connectivity index (χ1v) is 6.54. The molecule has 1 aliphatic rings. The van der Waals surface area contributed by atoms with Crippen molar-refractivity contribution in [2.24, 2.45) is 5.92 Å². The first-order valence-electron chi connectivity index (χ1n) is 6.54. The van der Waals surface area contributed by atoms with Gasteiger partial charge in [0.2, 0.25) is 0 Å². The molecule has 0 fully saturated rings. The molecule has 1 aliphatic carbocycles. The predicted molar refractivity (Wildman–Crippen MR) is 71.9 cm³/mol. The molecule has 1 unspecified atom stereocenters. The molecule has 0 saturated carbocycles. The molecule has 98 valence electrons. The lowest BCUT2D eigenvalue weighted by molar-refractivity contribution is -0.139. The Balaban J connectivity index is 2.42. The lowest BCUT2D eigenvalue weighted by atomic mass is 9.86. The minimum Gasteiger partial charge on any atom is -0.356 e. The zero-order valence-electron chi connectivity index (χ0n) is 11.7. The van der Waals surface area contributed by atoms with Gasteiger partial charge in [0.25, 0.3) is 0 Å². The minimum atomic E-state index is -0.0397. The zero-order valence-corrected chi connectivity index (χ0v) is 11.7. The molecule has 0 spiro atoms. The SMILES string of the molecule is COC(OC)C1CCC=C(CCC=C(C)C)C1. The van der Waals surface area contributed by atoms with Crippen LogP contribution in [-0.2, 0) is 9.47 Å². The van der Waals surface area contributed by atoms with Gasteiger partial charge in [0, 0.05) is 20.1 Å². The van der Waals surface area contributed by atoms with Gasteiger partial charge in [0.1, 0.15) is 0 Å². The summed E-state index contributed by atoms with van der Waals surface area (Å²) >= 11 is 0. The molecule has 0 aromatic rings. The Morgan fingerprint density at radius 3 is 2.71 bits per heavy atom. The second-order valence-corrected chi connectivity index (χ2v) is 5.06. The molecular formula is C15H26O2. The molecule has 1 rings (SSSR count). The fraction of sp³-hybridized carbons (Fsp3) is 0.733. The fourth-order valence-corrected chi connectivity index (χ4v) is 2.49. The molecule has 0 radical (unpaired) electrons. The van der Waals surface area contributed by atoms with Crippen LogP contribution in [0.1, 0.15) is 46.0 Å². The summed E-state index contributed by atoms with van der Waals surface area (Å²) in [5.41, 5.74) is 2.97. The Hall–Kier alpha value is -0.600. The first-order chi connectivity index (χ1) is 8.17. The summed E-state index contributed by atoms with van der Waals surface area (Å²) in [6.07, 6.45) is 10.5. The van der Waals surface area contributed by atoms with Crippen molar-refractivity contribution in [1.82, 2.24) is 0 Å². The van der Waals surface area contributed by atoms with Crippen LogP contribution in [0, 0.1) is 5.92 Å². The summed E-state index contributed by atoms with van der Waals surface area (Å²) < 4.78 is 10.7. The van der Waals surface area contributed by atoms with E-state index >= 15 is 0 Å². The maximum atomic E-state index is 5.37. The molecule has 0 saturated heterocycles. The highest BCUT2D eigenvalue weighted by Gasteiger charge is 2.23. The predicted octanol–water partition coefficient (Wildman–Crippen LogP) is 4.08. The standard InChI is InChI=1S/C15H26O2/c1-12(2)7-5-8-13-9-6-10-14(11-13)15(16-3)17-4/h7,9,14-15H,5-6,8,10-11H2,1-4H3. The number of allylic oxidation sites excluding steroid dienone is 4. The maximum absolute atomic E-state index is 5.37. The lowest BCUT2D eigenvalue weighted by Crippen LogP contribution is -2.26. The van der Waals surface area contributed by atoms with Gasteiger partial charge >= 0.3 is 0 Å². The van der Waals surface area contributed by atoms with Crippen LogP contribution in [0.3, 0.4) is 0 Å². The first kappa shape index (κ1) is 14.5. The molecule has 1 atom stereocenters. The third kappa shape index (κ3) is 5.05. The van der Waals surface area contributed by atoms with E-state index in [0.717, 1.165) is 19.3 Å². The molecule has 2 nitrogen and oxygen atoms in total. The highest BCUT2D eigenvalue weighted by atomic mass is 16.7. The van der Waals surface area contributed by atoms with Gasteiger partial charge in [-0.1, -0.05) is 23.3 Å². The van der Waals surface area contributed by atoms with Crippen molar-refractivity contribution in [2.75, 3.05) is 14.2 Å². The Bertz CT molecular complexity index is 271. The summed E-state index contributed by atoms with van der Waals surface area (Å²) in [5.74, 6) is 0.525. The van der Waals surface area contributed by atoms with Crippen molar-refractivity contribution in [3.63, 3.8) is 0 Å². The molecule has 0 aromatic carbocycles. The van der Waals surface area contributed by atoms with Gasteiger partial charge in [-0.2, -0.15) is 0 Å². The highest BCUT2D eigenvalue weighted by molar-refractivity contribution is 5.09. The number of hydrogen-bond acceptors (Lipinski definition) is 2. The van der Waals surface area contributed by atoms with Crippen molar-refractivity contribution in [2.45, 2.75) is 52.2 Å². The van der Waals surface area contributed by atoms with Gasteiger partial charge in [0.15, 0.2) is 6.29 Å². The second kappa shape index (κ2) is 7.67. The smallest absolute Gasteiger partial charge is 0.159 e. The molecular weight excluding hydrogens is 212 g/mol. The van der Waals surface area contributed by atoms with Gasteiger partial charge in [-0.3, -0.25) is 0 Å². The molecule has 17 heavy (non-hydrogen) atoms. The average Bonchev–Trinajstić information content (AvgIpc) is 2.31. The Kier molecular flexibility index (Phi) is 6.53. The van der Waals surface area contributed by atoms with Gasteiger partial charge in [-0.05, 0) is 46.0 Å². The monoisotopic (exact) mass is 238 g/mol. The normalized spacial score (nSPS) is 20.3. The summed E-state index contributed by atoms with van der Waals surface area (Å²) in [5, 5.41) is 0. The summed E-state index contributed by atoms with van der Waals surface area (Å²) in [6, 6.07) is 0. The van der Waals surface area contributed by atoms with Gasteiger partial charge in [-0.15, -0.1) is 0 Å². The summed E-state index contributed by atoms with van der Waals surface area (Å²) in [4.78, 5) is 0. The molecule has 0 N–H and O–H groups in total. The quantitative estimate of drug-likeness (QED) is 0.513. The second-order valence-electron chi connectivity index (χ2n) is 5.06. The van der Waals surface area contributed by atoms with E-state index in [0.29, 0.717) is 5.92 Å². The van der Waals surface area contributed by atoms with Crippen molar-refractivity contribution in [3.05, 3.63) is 23.3 Å². The van der Waals surface area contributed by atoms with Gasteiger partial charge in [-0.25, -0.2) is 0 Å². The van der Waals surface area contributed by atoms with Crippen molar-refractivity contribution in [3.8, 4) is 0 Å². The molecule has 0 bridgehead atoms. The van der Waals surface area contributed by atoms with Crippen LogP contribution in [0.15, 0.2) is 23.3 Å². The molecule has 2 heteroatoms. The van der Waals surface area contributed by atoms with Crippen molar-refractivity contribution in [1.29, 1.82) is 0 Å². The maximum Gasteiger partial charge on any atom is 0.159 e. The van der Waals surface area contributed by atoms with E-state index in [2.05, 4.69) is 26.0 Å². The van der Waals surface area contributed by atoms with E-state index in [1.54, 1.807) is 19.8 Å². The molecule has 0 amide bonds. The van der Waals surface area contributed by atoms with E-state index < -0.39 is 0 Å². The van der Waals surface area contributed by atoms with Gasteiger partial charge < -0.3 is 9.47 Å². The molecule has 0 aliphatic heterocycles. The number of methoxy groups -OCH3 is 2. The van der Waals surface area contributed by atoms with Crippen LogP contribution >= 0.6 is 0 Å². The Morgan fingerprint density at radius 1 is 1.41 bits per heavy atom. The fourth-order valence-electron chi connectivity index (χ4n) is 2.49.